The van der Waals surface area contributed by atoms with Crippen LogP contribution in [0.4, 0.5) is 0 Å². The molecule has 0 amide bonds. The number of hydrogen-bond donors (Lipinski definition) is 1. The number of hydrogen-bond acceptors (Lipinski definition) is 4. The van der Waals surface area contributed by atoms with Gasteiger partial charge in [0.05, 0.1) is 10.6 Å². The molecule has 1 heterocycles. The van der Waals surface area contributed by atoms with Crippen LogP contribution in [0, 0.1) is 5.92 Å². The highest BCUT2D eigenvalue weighted by Crippen LogP contribution is 2.13. The molecule has 0 bridgehead atoms. The Morgan fingerprint density at radius 2 is 2.06 bits per heavy atom. The number of aromatic carboxylic acids is 1. The van der Waals surface area contributed by atoms with Crippen molar-refractivity contribution in [2.75, 3.05) is 5.75 Å². The fraction of sp³-hybridized carbons (Fsp3) is 0.400. The lowest BCUT2D eigenvalue weighted by molar-refractivity contribution is 0.0690. The SMILES string of the molecule is CC(C)CS(=O)(=O)c1ccc(C(=O)O)nc1. The Morgan fingerprint density at radius 3 is 2.44 bits per heavy atom. The van der Waals surface area contributed by atoms with Crippen LogP contribution in [0.3, 0.4) is 0 Å². The predicted molar refractivity (Wildman–Crippen MR) is 58.1 cm³/mol. The van der Waals surface area contributed by atoms with Crippen molar-refractivity contribution in [3.8, 4) is 0 Å². The van der Waals surface area contributed by atoms with E-state index in [-0.39, 0.29) is 22.3 Å². The minimum absolute atomic E-state index is 0.0177. The van der Waals surface area contributed by atoms with Crippen molar-refractivity contribution >= 4 is 15.8 Å². The molecule has 0 saturated carbocycles. The van der Waals surface area contributed by atoms with E-state index in [1.165, 1.54) is 12.1 Å². The standard InChI is InChI=1S/C10H13NO4S/c1-7(2)6-16(14,15)8-3-4-9(10(12)13)11-5-8/h3-5,7H,6H2,1-2H3,(H,12,13). The lowest BCUT2D eigenvalue weighted by atomic mass is 10.3. The van der Waals surface area contributed by atoms with Crippen molar-refractivity contribution < 1.29 is 18.3 Å². The molecule has 0 aromatic carbocycles. The van der Waals surface area contributed by atoms with Gasteiger partial charge in [-0.15, -0.1) is 0 Å². The van der Waals surface area contributed by atoms with Gasteiger partial charge < -0.3 is 5.11 Å². The zero-order valence-corrected chi connectivity index (χ0v) is 9.86. The molecule has 0 radical (unpaired) electrons. The average Bonchev–Trinajstić information content (AvgIpc) is 2.16. The molecular formula is C10H13NO4S. The molecule has 1 N–H and O–H groups in total. The van der Waals surface area contributed by atoms with Crippen LogP contribution < -0.4 is 0 Å². The summed E-state index contributed by atoms with van der Waals surface area (Å²) in [5.41, 5.74) is -0.163. The molecule has 0 aliphatic heterocycles. The van der Waals surface area contributed by atoms with Crippen molar-refractivity contribution in [2.45, 2.75) is 18.7 Å². The fourth-order valence-corrected chi connectivity index (χ4v) is 2.78. The second kappa shape index (κ2) is 4.61. The number of sulfone groups is 1. The molecule has 1 rings (SSSR count). The summed E-state index contributed by atoms with van der Waals surface area (Å²) in [6, 6.07) is 2.46. The topological polar surface area (TPSA) is 84.3 Å². The molecule has 5 nitrogen and oxygen atoms in total. The van der Waals surface area contributed by atoms with E-state index in [0.717, 1.165) is 6.20 Å². The van der Waals surface area contributed by atoms with E-state index in [9.17, 15) is 13.2 Å². The highest BCUT2D eigenvalue weighted by Gasteiger charge is 2.17. The maximum absolute atomic E-state index is 11.7. The lowest BCUT2D eigenvalue weighted by Gasteiger charge is -2.06. The third-order valence-corrected chi connectivity index (χ3v) is 3.93. The van der Waals surface area contributed by atoms with Crippen LogP contribution in [0.2, 0.25) is 0 Å². The van der Waals surface area contributed by atoms with Crippen LogP contribution in [0.15, 0.2) is 23.2 Å². The summed E-state index contributed by atoms with van der Waals surface area (Å²) in [6.45, 7) is 3.60. The first-order valence-electron chi connectivity index (χ1n) is 4.75. The van der Waals surface area contributed by atoms with Gasteiger partial charge in [0.2, 0.25) is 0 Å². The van der Waals surface area contributed by atoms with Gasteiger partial charge in [0.25, 0.3) is 0 Å². The van der Waals surface area contributed by atoms with Crippen LogP contribution in [-0.4, -0.2) is 30.2 Å². The zero-order valence-electron chi connectivity index (χ0n) is 9.04. The summed E-state index contributed by atoms with van der Waals surface area (Å²) < 4.78 is 23.5. The monoisotopic (exact) mass is 243 g/mol. The fourth-order valence-electron chi connectivity index (χ4n) is 1.23. The Labute approximate surface area is 94.1 Å². The summed E-state index contributed by atoms with van der Waals surface area (Å²) >= 11 is 0. The highest BCUT2D eigenvalue weighted by molar-refractivity contribution is 7.91. The van der Waals surface area contributed by atoms with Crippen molar-refractivity contribution in [2.24, 2.45) is 5.92 Å². The first-order valence-corrected chi connectivity index (χ1v) is 6.40. The Morgan fingerprint density at radius 1 is 1.44 bits per heavy atom. The molecule has 0 fully saturated rings. The molecule has 1 aromatic rings. The first-order chi connectivity index (χ1) is 7.33. The van der Waals surface area contributed by atoms with Crippen molar-refractivity contribution in [3.63, 3.8) is 0 Å². The summed E-state index contributed by atoms with van der Waals surface area (Å²) in [4.78, 5) is 14.2. The largest absolute Gasteiger partial charge is 0.477 e. The van der Waals surface area contributed by atoms with E-state index in [1.54, 1.807) is 13.8 Å². The van der Waals surface area contributed by atoms with E-state index in [1.807, 2.05) is 0 Å². The Bertz CT molecular complexity index is 476. The van der Waals surface area contributed by atoms with Crippen LogP contribution >= 0.6 is 0 Å². The molecule has 1 aromatic heterocycles. The number of pyridine rings is 1. The molecular weight excluding hydrogens is 230 g/mol. The second-order valence-corrected chi connectivity index (χ2v) is 5.89. The van der Waals surface area contributed by atoms with Gasteiger partial charge in [-0.1, -0.05) is 13.8 Å². The Kier molecular flexibility index (Phi) is 3.64. The third-order valence-electron chi connectivity index (χ3n) is 1.87. The first kappa shape index (κ1) is 12.6. The van der Waals surface area contributed by atoms with E-state index in [2.05, 4.69) is 4.98 Å². The average molecular weight is 243 g/mol. The molecule has 6 heteroatoms. The number of aromatic nitrogens is 1. The van der Waals surface area contributed by atoms with Crippen molar-refractivity contribution in [1.29, 1.82) is 0 Å². The number of carboxylic acids is 1. The van der Waals surface area contributed by atoms with E-state index in [0.29, 0.717) is 0 Å². The zero-order chi connectivity index (χ0) is 12.3. The molecule has 0 saturated heterocycles. The molecule has 0 unspecified atom stereocenters. The molecule has 0 aliphatic rings. The smallest absolute Gasteiger partial charge is 0.354 e. The maximum atomic E-state index is 11.7. The van der Waals surface area contributed by atoms with Gasteiger partial charge in [-0.25, -0.2) is 18.2 Å². The maximum Gasteiger partial charge on any atom is 0.354 e. The van der Waals surface area contributed by atoms with E-state index < -0.39 is 15.8 Å². The number of nitrogens with zero attached hydrogens (tertiary/aromatic N) is 1. The van der Waals surface area contributed by atoms with E-state index >= 15 is 0 Å². The number of rotatable bonds is 4. The van der Waals surface area contributed by atoms with Gasteiger partial charge in [0, 0.05) is 6.20 Å². The third kappa shape index (κ3) is 3.03. The van der Waals surface area contributed by atoms with Gasteiger partial charge in [-0.2, -0.15) is 0 Å². The van der Waals surface area contributed by atoms with Gasteiger partial charge in [0.15, 0.2) is 9.84 Å². The summed E-state index contributed by atoms with van der Waals surface area (Å²) in [6.07, 6.45) is 1.08. The minimum Gasteiger partial charge on any atom is -0.477 e. The lowest BCUT2D eigenvalue weighted by Crippen LogP contribution is -2.12. The minimum atomic E-state index is -3.36. The van der Waals surface area contributed by atoms with E-state index in [4.69, 9.17) is 5.11 Å². The van der Waals surface area contributed by atoms with Crippen molar-refractivity contribution in [1.82, 2.24) is 4.98 Å². The number of carboxylic acid groups (broad SMARTS) is 1. The Hall–Kier alpha value is -1.43. The molecule has 0 aliphatic carbocycles. The molecule has 16 heavy (non-hydrogen) atoms. The summed E-state index contributed by atoms with van der Waals surface area (Å²) in [5.74, 6) is -1.13. The van der Waals surface area contributed by atoms with Crippen LogP contribution in [-0.2, 0) is 9.84 Å². The van der Waals surface area contributed by atoms with Crippen LogP contribution in [0.1, 0.15) is 24.3 Å². The predicted octanol–water partition coefficient (Wildman–Crippen LogP) is 1.21. The van der Waals surface area contributed by atoms with Crippen LogP contribution in [0.5, 0.6) is 0 Å². The van der Waals surface area contributed by atoms with Crippen molar-refractivity contribution in [3.05, 3.63) is 24.0 Å². The molecule has 0 spiro atoms. The normalized spacial score (nSPS) is 11.7. The second-order valence-electron chi connectivity index (χ2n) is 3.86. The Balaban J connectivity index is 3.02. The number of carbonyl (C=O) groups is 1. The molecule has 88 valence electrons. The van der Waals surface area contributed by atoms with Gasteiger partial charge in [-0.05, 0) is 18.1 Å². The van der Waals surface area contributed by atoms with Gasteiger partial charge in [-0.3, -0.25) is 0 Å². The molecule has 0 atom stereocenters. The highest BCUT2D eigenvalue weighted by atomic mass is 32.2. The summed E-state index contributed by atoms with van der Waals surface area (Å²) in [5, 5.41) is 8.61. The summed E-state index contributed by atoms with van der Waals surface area (Å²) in [7, 11) is -3.36. The van der Waals surface area contributed by atoms with Crippen LogP contribution in [0.25, 0.3) is 0 Å². The quantitative estimate of drug-likeness (QED) is 0.859. The van der Waals surface area contributed by atoms with Gasteiger partial charge >= 0.3 is 5.97 Å². The van der Waals surface area contributed by atoms with Gasteiger partial charge in [0.1, 0.15) is 5.69 Å².